The Hall–Kier alpha value is -1.37. The molecule has 1 N–H and O–H groups in total. The van der Waals surface area contributed by atoms with E-state index in [1.54, 1.807) is 0 Å². The van der Waals surface area contributed by atoms with Gasteiger partial charge in [0, 0.05) is 0 Å². The maximum atomic E-state index is 10.7. The van der Waals surface area contributed by atoms with Crippen molar-refractivity contribution in [3.05, 3.63) is 35.4 Å². The van der Waals surface area contributed by atoms with Crippen LogP contribution in [0.3, 0.4) is 0 Å². The molecule has 1 fully saturated rings. The number of nitriles is 1. The van der Waals surface area contributed by atoms with Crippen molar-refractivity contribution in [1.29, 1.82) is 5.26 Å². The average molecular weight is 257 g/mol. The quantitative estimate of drug-likeness (QED) is 0.884. The molecule has 0 bridgehead atoms. The molecule has 1 heterocycles. The molecule has 1 aliphatic heterocycles. The Labute approximate surface area is 113 Å². The van der Waals surface area contributed by atoms with Gasteiger partial charge in [-0.05, 0) is 43.7 Å². The number of aliphatic hydroxyl groups excluding tert-OH is 1. The van der Waals surface area contributed by atoms with Crippen LogP contribution in [0, 0.1) is 11.3 Å². The Balaban J connectivity index is 1.95. The number of aryl methyl sites for hydroxylation is 1. The second-order valence-electron chi connectivity index (χ2n) is 5.75. The summed E-state index contributed by atoms with van der Waals surface area (Å²) in [5.74, 6) is 0. The SMILES string of the molecule is CC1CCC(C(O)C2(C#N)CCc3ccccc32)O1. The van der Waals surface area contributed by atoms with E-state index in [9.17, 15) is 10.4 Å². The van der Waals surface area contributed by atoms with Crippen LogP contribution < -0.4 is 0 Å². The average Bonchev–Trinajstić information content (AvgIpc) is 3.02. The van der Waals surface area contributed by atoms with Gasteiger partial charge in [-0.15, -0.1) is 0 Å². The molecule has 1 aliphatic carbocycles. The van der Waals surface area contributed by atoms with Crippen molar-refractivity contribution in [2.75, 3.05) is 0 Å². The molecule has 1 saturated heterocycles. The van der Waals surface area contributed by atoms with Crippen molar-refractivity contribution in [1.82, 2.24) is 0 Å². The first-order valence-electron chi connectivity index (χ1n) is 7.00. The van der Waals surface area contributed by atoms with E-state index in [4.69, 9.17) is 4.74 Å². The first kappa shape index (κ1) is 12.7. The van der Waals surface area contributed by atoms with Crippen LogP contribution in [0.2, 0.25) is 0 Å². The minimum Gasteiger partial charge on any atom is -0.388 e. The molecule has 1 aromatic carbocycles. The van der Waals surface area contributed by atoms with E-state index >= 15 is 0 Å². The molecule has 19 heavy (non-hydrogen) atoms. The highest BCUT2D eigenvalue weighted by Crippen LogP contribution is 2.44. The maximum Gasteiger partial charge on any atom is 0.111 e. The molecule has 0 radical (unpaired) electrons. The molecule has 3 heteroatoms. The van der Waals surface area contributed by atoms with Crippen LogP contribution in [-0.2, 0) is 16.6 Å². The molecule has 1 aromatic rings. The number of benzene rings is 1. The van der Waals surface area contributed by atoms with Crippen LogP contribution in [0.4, 0.5) is 0 Å². The monoisotopic (exact) mass is 257 g/mol. The Morgan fingerprint density at radius 3 is 2.89 bits per heavy atom. The van der Waals surface area contributed by atoms with Gasteiger partial charge in [0.2, 0.25) is 0 Å². The van der Waals surface area contributed by atoms with Gasteiger partial charge < -0.3 is 9.84 Å². The van der Waals surface area contributed by atoms with Crippen LogP contribution in [-0.4, -0.2) is 23.4 Å². The van der Waals surface area contributed by atoms with Crippen molar-refractivity contribution in [3.63, 3.8) is 0 Å². The highest BCUT2D eigenvalue weighted by Gasteiger charge is 2.49. The summed E-state index contributed by atoms with van der Waals surface area (Å²) in [5.41, 5.74) is 1.40. The predicted octanol–water partition coefficient (Wildman–Crippen LogP) is 2.32. The van der Waals surface area contributed by atoms with Gasteiger partial charge in [0.1, 0.15) is 11.5 Å². The molecule has 0 amide bonds. The first-order chi connectivity index (χ1) is 9.17. The summed E-state index contributed by atoms with van der Waals surface area (Å²) in [5, 5.41) is 20.4. The van der Waals surface area contributed by atoms with E-state index < -0.39 is 11.5 Å². The molecular weight excluding hydrogens is 238 g/mol. The Kier molecular flexibility index (Phi) is 3.08. The van der Waals surface area contributed by atoms with Gasteiger partial charge in [-0.3, -0.25) is 0 Å². The van der Waals surface area contributed by atoms with Gasteiger partial charge in [0.05, 0.1) is 18.3 Å². The van der Waals surface area contributed by atoms with E-state index in [1.807, 2.05) is 25.1 Å². The van der Waals surface area contributed by atoms with Crippen molar-refractivity contribution in [2.24, 2.45) is 0 Å². The molecule has 0 saturated carbocycles. The largest absolute Gasteiger partial charge is 0.388 e. The predicted molar refractivity (Wildman–Crippen MR) is 71.6 cm³/mol. The van der Waals surface area contributed by atoms with Crippen LogP contribution in [0.15, 0.2) is 24.3 Å². The standard InChI is InChI=1S/C16H19NO2/c1-11-6-7-14(19-11)15(18)16(10-17)9-8-12-4-2-3-5-13(12)16/h2-5,11,14-15,18H,6-9H2,1H3. The van der Waals surface area contributed by atoms with E-state index in [1.165, 1.54) is 5.56 Å². The highest BCUT2D eigenvalue weighted by atomic mass is 16.5. The van der Waals surface area contributed by atoms with Crippen LogP contribution >= 0.6 is 0 Å². The normalized spacial score (nSPS) is 34.8. The molecular formula is C16H19NO2. The summed E-state index contributed by atoms with van der Waals surface area (Å²) in [6, 6.07) is 10.4. The van der Waals surface area contributed by atoms with Crippen molar-refractivity contribution in [2.45, 2.75) is 56.3 Å². The number of fused-ring (bicyclic) bond motifs is 1. The Morgan fingerprint density at radius 1 is 1.42 bits per heavy atom. The molecule has 0 spiro atoms. The molecule has 100 valence electrons. The van der Waals surface area contributed by atoms with Gasteiger partial charge in [0.25, 0.3) is 0 Å². The third-order valence-electron chi connectivity index (χ3n) is 4.61. The third-order valence-corrected chi connectivity index (χ3v) is 4.61. The van der Waals surface area contributed by atoms with Crippen molar-refractivity contribution >= 4 is 0 Å². The number of aliphatic hydroxyl groups is 1. The maximum absolute atomic E-state index is 10.7. The Morgan fingerprint density at radius 2 is 2.21 bits per heavy atom. The minimum absolute atomic E-state index is 0.187. The van der Waals surface area contributed by atoms with Gasteiger partial charge in [-0.2, -0.15) is 5.26 Å². The molecule has 3 nitrogen and oxygen atoms in total. The summed E-state index contributed by atoms with van der Waals surface area (Å²) >= 11 is 0. The van der Waals surface area contributed by atoms with Gasteiger partial charge >= 0.3 is 0 Å². The van der Waals surface area contributed by atoms with E-state index in [-0.39, 0.29) is 12.2 Å². The van der Waals surface area contributed by atoms with Crippen molar-refractivity contribution in [3.8, 4) is 6.07 Å². The lowest BCUT2D eigenvalue weighted by Crippen LogP contribution is -2.44. The topological polar surface area (TPSA) is 53.2 Å². The lowest BCUT2D eigenvalue weighted by atomic mass is 9.75. The van der Waals surface area contributed by atoms with Gasteiger partial charge in [-0.1, -0.05) is 24.3 Å². The minimum atomic E-state index is -0.786. The van der Waals surface area contributed by atoms with Crippen LogP contribution in [0.25, 0.3) is 0 Å². The first-order valence-corrected chi connectivity index (χ1v) is 7.00. The third kappa shape index (κ3) is 1.87. The van der Waals surface area contributed by atoms with Crippen LogP contribution in [0.1, 0.15) is 37.3 Å². The summed E-state index contributed by atoms with van der Waals surface area (Å²) in [6.07, 6.45) is 2.61. The second kappa shape index (κ2) is 4.63. The summed E-state index contributed by atoms with van der Waals surface area (Å²) < 4.78 is 5.78. The van der Waals surface area contributed by atoms with Gasteiger partial charge in [0.15, 0.2) is 0 Å². The van der Waals surface area contributed by atoms with Crippen LogP contribution in [0.5, 0.6) is 0 Å². The summed E-state index contributed by atoms with van der Waals surface area (Å²) in [6.45, 7) is 2.02. The smallest absolute Gasteiger partial charge is 0.111 e. The van der Waals surface area contributed by atoms with Crippen molar-refractivity contribution < 1.29 is 9.84 Å². The lowest BCUT2D eigenvalue weighted by molar-refractivity contribution is -0.0523. The molecule has 3 rings (SSSR count). The second-order valence-corrected chi connectivity index (χ2v) is 5.75. The highest BCUT2D eigenvalue weighted by molar-refractivity contribution is 5.45. The summed E-state index contributed by atoms with van der Waals surface area (Å²) in [4.78, 5) is 0. The number of rotatable bonds is 2. The number of hydrogen-bond acceptors (Lipinski definition) is 3. The van der Waals surface area contributed by atoms with Gasteiger partial charge in [-0.25, -0.2) is 0 Å². The number of ether oxygens (including phenoxy) is 1. The molecule has 0 aromatic heterocycles. The molecule has 4 unspecified atom stereocenters. The fraction of sp³-hybridized carbons (Fsp3) is 0.562. The van der Waals surface area contributed by atoms with E-state index in [2.05, 4.69) is 12.1 Å². The lowest BCUT2D eigenvalue weighted by Gasteiger charge is -2.32. The number of hydrogen-bond donors (Lipinski definition) is 1. The van der Waals surface area contributed by atoms with E-state index in [0.717, 1.165) is 24.8 Å². The zero-order chi connectivity index (χ0) is 13.5. The summed E-state index contributed by atoms with van der Waals surface area (Å²) in [7, 11) is 0. The fourth-order valence-corrected chi connectivity index (χ4v) is 3.51. The zero-order valence-corrected chi connectivity index (χ0v) is 11.2. The zero-order valence-electron chi connectivity index (χ0n) is 11.2. The van der Waals surface area contributed by atoms with E-state index in [0.29, 0.717) is 6.42 Å². The fourth-order valence-electron chi connectivity index (χ4n) is 3.51. The molecule has 4 atom stereocenters. The number of nitrogens with zero attached hydrogens (tertiary/aromatic N) is 1. The Bertz CT molecular complexity index is 522. The molecule has 2 aliphatic rings.